The van der Waals surface area contributed by atoms with Crippen LogP contribution in [0.25, 0.3) is 11.1 Å². The van der Waals surface area contributed by atoms with Crippen LogP contribution in [0.2, 0.25) is 0 Å². The largest absolute Gasteiger partial charge is 0.497 e. The molecule has 156 valence electrons. The van der Waals surface area contributed by atoms with Crippen LogP contribution in [0.4, 0.5) is 18.9 Å². The summed E-state index contributed by atoms with van der Waals surface area (Å²) < 4.78 is 48.3. The topological polar surface area (TPSA) is 47.6 Å². The Morgan fingerprint density at radius 1 is 1.00 bits per heavy atom. The molecule has 30 heavy (non-hydrogen) atoms. The van der Waals surface area contributed by atoms with Gasteiger partial charge in [-0.2, -0.15) is 8.78 Å². The Hall–Kier alpha value is -3.48. The van der Waals surface area contributed by atoms with Crippen molar-refractivity contribution >= 4 is 11.6 Å². The van der Waals surface area contributed by atoms with Crippen molar-refractivity contribution in [3.8, 4) is 22.6 Å². The maximum Gasteiger partial charge on any atom is 0.387 e. The second-order valence-corrected chi connectivity index (χ2v) is 6.49. The van der Waals surface area contributed by atoms with E-state index in [0.717, 1.165) is 5.56 Å². The molecule has 0 aromatic heterocycles. The van der Waals surface area contributed by atoms with E-state index in [9.17, 15) is 18.0 Å². The number of ether oxygens (including phenoxy) is 2. The van der Waals surface area contributed by atoms with Gasteiger partial charge in [0, 0.05) is 17.7 Å². The lowest BCUT2D eigenvalue weighted by Crippen LogP contribution is -2.12. The second-order valence-electron chi connectivity index (χ2n) is 6.49. The standard InChI is InChI=1S/C23H20F3NO3/c1-29-19-10-5-16(6-11-19)20-14-18(9-12-21(20)30-23(25)26)27-22(28)13-4-15-2-7-17(24)8-3-15/h2-3,5-12,14,23H,4,13H2,1H3,(H,27,28). The van der Waals surface area contributed by atoms with E-state index in [0.29, 0.717) is 29.0 Å². The minimum atomic E-state index is -2.97. The van der Waals surface area contributed by atoms with Crippen LogP contribution in [0.5, 0.6) is 11.5 Å². The number of rotatable bonds is 8. The summed E-state index contributed by atoms with van der Waals surface area (Å²) in [6, 6.07) is 17.2. The van der Waals surface area contributed by atoms with Gasteiger partial charge in [0.2, 0.25) is 5.91 Å². The SMILES string of the molecule is COc1ccc(-c2cc(NC(=O)CCc3ccc(F)cc3)ccc2OC(F)F)cc1. The third-order valence-electron chi connectivity index (χ3n) is 4.43. The zero-order valence-electron chi connectivity index (χ0n) is 16.2. The van der Waals surface area contributed by atoms with Gasteiger partial charge in [-0.15, -0.1) is 0 Å². The van der Waals surface area contributed by atoms with Crippen molar-refractivity contribution in [1.82, 2.24) is 0 Å². The Morgan fingerprint density at radius 3 is 2.33 bits per heavy atom. The quantitative estimate of drug-likeness (QED) is 0.515. The average Bonchev–Trinajstić information content (AvgIpc) is 2.74. The summed E-state index contributed by atoms with van der Waals surface area (Å²) in [7, 11) is 1.53. The zero-order chi connectivity index (χ0) is 21.5. The van der Waals surface area contributed by atoms with Crippen molar-refractivity contribution < 1.29 is 27.4 Å². The van der Waals surface area contributed by atoms with E-state index >= 15 is 0 Å². The molecule has 0 aliphatic heterocycles. The third kappa shape index (κ3) is 5.76. The van der Waals surface area contributed by atoms with Gasteiger partial charge in [-0.1, -0.05) is 24.3 Å². The van der Waals surface area contributed by atoms with Crippen molar-refractivity contribution in [2.45, 2.75) is 19.5 Å². The van der Waals surface area contributed by atoms with Crippen LogP contribution in [0.3, 0.4) is 0 Å². The molecule has 0 aliphatic carbocycles. The minimum absolute atomic E-state index is 0.000483. The fourth-order valence-electron chi connectivity index (χ4n) is 2.94. The first-order chi connectivity index (χ1) is 14.4. The number of amides is 1. The van der Waals surface area contributed by atoms with Crippen molar-refractivity contribution in [3.05, 3.63) is 78.1 Å². The van der Waals surface area contributed by atoms with E-state index in [-0.39, 0.29) is 23.9 Å². The lowest BCUT2D eigenvalue weighted by atomic mass is 10.0. The Kier molecular flexibility index (Phi) is 6.95. The van der Waals surface area contributed by atoms with E-state index in [4.69, 9.17) is 4.74 Å². The Labute approximate surface area is 172 Å². The van der Waals surface area contributed by atoms with Gasteiger partial charge in [0.15, 0.2) is 0 Å². The number of aryl methyl sites for hydroxylation is 1. The normalized spacial score (nSPS) is 10.7. The molecule has 0 heterocycles. The van der Waals surface area contributed by atoms with Crippen LogP contribution in [0.15, 0.2) is 66.7 Å². The highest BCUT2D eigenvalue weighted by Gasteiger charge is 2.14. The molecule has 0 radical (unpaired) electrons. The first-order valence-corrected chi connectivity index (χ1v) is 9.22. The van der Waals surface area contributed by atoms with Crippen molar-refractivity contribution in [2.75, 3.05) is 12.4 Å². The zero-order valence-corrected chi connectivity index (χ0v) is 16.2. The summed E-state index contributed by atoms with van der Waals surface area (Å²) in [5.41, 5.74) is 2.33. The number of hydrogen-bond donors (Lipinski definition) is 1. The molecule has 0 saturated heterocycles. The molecule has 1 amide bonds. The lowest BCUT2D eigenvalue weighted by molar-refractivity contribution is -0.116. The number of anilines is 1. The molecule has 0 fully saturated rings. The van der Waals surface area contributed by atoms with Gasteiger partial charge >= 0.3 is 6.61 Å². The highest BCUT2D eigenvalue weighted by molar-refractivity contribution is 5.92. The third-order valence-corrected chi connectivity index (χ3v) is 4.43. The molecule has 1 N–H and O–H groups in total. The van der Waals surface area contributed by atoms with E-state index in [1.165, 1.54) is 31.4 Å². The van der Waals surface area contributed by atoms with E-state index in [1.54, 1.807) is 42.5 Å². The molecule has 0 saturated carbocycles. The van der Waals surface area contributed by atoms with Gasteiger partial charge in [0.05, 0.1) is 7.11 Å². The van der Waals surface area contributed by atoms with Crippen molar-refractivity contribution in [3.63, 3.8) is 0 Å². The average molecular weight is 415 g/mol. The highest BCUT2D eigenvalue weighted by Crippen LogP contribution is 2.34. The summed E-state index contributed by atoms with van der Waals surface area (Å²) in [6.07, 6.45) is 0.642. The molecule has 4 nitrogen and oxygen atoms in total. The summed E-state index contributed by atoms with van der Waals surface area (Å²) in [5.74, 6) is 0.0442. The van der Waals surface area contributed by atoms with Crippen LogP contribution in [0.1, 0.15) is 12.0 Å². The number of methoxy groups -OCH3 is 1. The number of carbonyl (C=O) groups excluding carboxylic acids is 1. The molecule has 0 aliphatic rings. The Bertz CT molecular complexity index is 990. The summed E-state index contributed by atoms with van der Waals surface area (Å²) in [4.78, 5) is 12.3. The fraction of sp³-hybridized carbons (Fsp3) is 0.174. The molecule has 3 aromatic rings. The first-order valence-electron chi connectivity index (χ1n) is 9.22. The molecule has 7 heteroatoms. The molecule has 0 spiro atoms. The van der Waals surface area contributed by atoms with Crippen molar-refractivity contribution in [1.29, 1.82) is 0 Å². The van der Waals surface area contributed by atoms with Gasteiger partial charge in [-0.05, 0) is 60.0 Å². The summed E-state index contributed by atoms with van der Waals surface area (Å²) in [5, 5.41) is 2.76. The number of nitrogens with one attached hydrogen (secondary N) is 1. The number of alkyl halides is 2. The van der Waals surface area contributed by atoms with Crippen LogP contribution in [-0.2, 0) is 11.2 Å². The van der Waals surface area contributed by atoms with Gasteiger partial charge in [0.25, 0.3) is 0 Å². The second kappa shape index (κ2) is 9.82. The number of benzene rings is 3. The smallest absolute Gasteiger partial charge is 0.387 e. The maximum absolute atomic E-state index is 13.0. The van der Waals surface area contributed by atoms with Gasteiger partial charge in [-0.25, -0.2) is 4.39 Å². The molecule has 0 unspecified atom stereocenters. The van der Waals surface area contributed by atoms with Crippen LogP contribution in [-0.4, -0.2) is 19.6 Å². The number of halogens is 3. The highest BCUT2D eigenvalue weighted by atomic mass is 19.3. The predicted octanol–water partition coefficient (Wildman–Crippen LogP) is 5.67. The van der Waals surface area contributed by atoms with Gasteiger partial charge < -0.3 is 14.8 Å². The van der Waals surface area contributed by atoms with Gasteiger partial charge in [0.1, 0.15) is 17.3 Å². The first kappa shape index (κ1) is 21.2. The monoisotopic (exact) mass is 415 g/mol. The molecule has 0 atom stereocenters. The van der Waals surface area contributed by atoms with E-state index in [1.807, 2.05) is 0 Å². The summed E-state index contributed by atoms with van der Waals surface area (Å²) in [6.45, 7) is -2.97. The summed E-state index contributed by atoms with van der Waals surface area (Å²) >= 11 is 0. The molecule has 3 aromatic carbocycles. The minimum Gasteiger partial charge on any atom is -0.497 e. The van der Waals surface area contributed by atoms with E-state index < -0.39 is 6.61 Å². The number of hydrogen-bond acceptors (Lipinski definition) is 3. The van der Waals surface area contributed by atoms with Crippen LogP contribution in [0, 0.1) is 5.82 Å². The number of carbonyl (C=O) groups is 1. The molecule has 3 rings (SSSR count). The maximum atomic E-state index is 13.0. The fourth-order valence-corrected chi connectivity index (χ4v) is 2.94. The van der Waals surface area contributed by atoms with Crippen LogP contribution >= 0.6 is 0 Å². The lowest BCUT2D eigenvalue weighted by Gasteiger charge is -2.14. The molecular formula is C23H20F3NO3. The Balaban J connectivity index is 1.75. The predicted molar refractivity (Wildman–Crippen MR) is 108 cm³/mol. The van der Waals surface area contributed by atoms with Gasteiger partial charge in [-0.3, -0.25) is 4.79 Å². The molecular weight excluding hydrogens is 395 g/mol. The van der Waals surface area contributed by atoms with Crippen molar-refractivity contribution in [2.24, 2.45) is 0 Å². The molecule has 0 bridgehead atoms. The van der Waals surface area contributed by atoms with E-state index in [2.05, 4.69) is 10.1 Å². The Morgan fingerprint density at radius 2 is 1.70 bits per heavy atom. The van der Waals surface area contributed by atoms with Crippen LogP contribution < -0.4 is 14.8 Å².